The fourth-order valence-corrected chi connectivity index (χ4v) is 2.11. The van der Waals surface area contributed by atoms with Gasteiger partial charge in [-0.1, -0.05) is 43.5 Å². The van der Waals surface area contributed by atoms with Crippen molar-refractivity contribution in [3.8, 4) is 0 Å². The van der Waals surface area contributed by atoms with Crippen LogP contribution in [0.3, 0.4) is 0 Å². The van der Waals surface area contributed by atoms with Gasteiger partial charge in [0.1, 0.15) is 0 Å². The second-order valence-corrected chi connectivity index (χ2v) is 5.17. The molecule has 1 unspecified atom stereocenters. The van der Waals surface area contributed by atoms with Crippen LogP contribution in [-0.4, -0.2) is 6.54 Å². The Morgan fingerprint density at radius 1 is 1.25 bits per heavy atom. The van der Waals surface area contributed by atoms with Gasteiger partial charge in [-0.05, 0) is 37.0 Å². The van der Waals surface area contributed by atoms with Gasteiger partial charge in [-0.2, -0.15) is 0 Å². The van der Waals surface area contributed by atoms with Gasteiger partial charge in [0.2, 0.25) is 0 Å². The van der Waals surface area contributed by atoms with Gasteiger partial charge >= 0.3 is 0 Å². The number of halogens is 2. The van der Waals surface area contributed by atoms with E-state index >= 15 is 0 Å². The average Bonchev–Trinajstić information content (AvgIpc) is 2.22. The lowest BCUT2D eigenvalue weighted by molar-refractivity contribution is 0.551. The maximum absolute atomic E-state index is 6.14. The van der Waals surface area contributed by atoms with Crippen LogP contribution in [0.2, 0.25) is 10.0 Å². The molecule has 1 aromatic rings. The highest BCUT2D eigenvalue weighted by Crippen LogP contribution is 2.28. The van der Waals surface area contributed by atoms with Gasteiger partial charge in [0.25, 0.3) is 0 Å². The highest BCUT2D eigenvalue weighted by molar-refractivity contribution is 6.35. The number of aryl methyl sites for hydroxylation is 1. The molecular weight excluding hydrogens is 241 g/mol. The lowest BCUT2D eigenvalue weighted by Gasteiger charge is -2.14. The molecule has 0 bridgehead atoms. The summed E-state index contributed by atoms with van der Waals surface area (Å²) in [6, 6.07) is 3.80. The third-order valence-electron chi connectivity index (χ3n) is 2.67. The molecule has 0 amide bonds. The first kappa shape index (κ1) is 13.7. The van der Waals surface area contributed by atoms with Crippen LogP contribution in [0.4, 0.5) is 5.69 Å². The van der Waals surface area contributed by atoms with E-state index in [1.165, 1.54) is 12.8 Å². The fraction of sp³-hybridized carbons (Fsp3) is 0.538. The van der Waals surface area contributed by atoms with Gasteiger partial charge in [0, 0.05) is 11.6 Å². The third kappa shape index (κ3) is 3.88. The minimum absolute atomic E-state index is 0.654. The predicted molar refractivity (Wildman–Crippen MR) is 73.8 cm³/mol. The summed E-state index contributed by atoms with van der Waals surface area (Å²) in [5.74, 6) is 0.654. The van der Waals surface area contributed by atoms with Crippen LogP contribution < -0.4 is 5.32 Å². The largest absolute Gasteiger partial charge is 0.384 e. The molecule has 0 fully saturated rings. The lowest BCUT2D eigenvalue weighted by Crippen LogP contribution is -2.11. The molecule has 1 N–H and O–H groups in total. The minimum atomic E-state index is 0.654. The van der Waals surface area contributed by atoms with Crippen LogP contribution in [-0.2, 0) is 0 Å². The van der Waals surface area contributed by atoms with Crippen molar-refractivity contribution in [2.24, 2.45) is 5.92 Å². The Bertz CT molecular complexity index is 350. The Morgan fingerprint density at radius 3 is 2.56 bits per heavy atom. The van der Waals surface area contributed by atoms with Crippen molar-refractivity contribution < 1.29 is 0 Å². The molecule has 0 saturated carbocycles. The van der Waals surface area contributed by atoms with E-state index in [1.54, 1.807) is 0 Å². The molecule has 0 saturated heterocycles. The Kier molecular flexibility index (Phi) is 5.43. The summed E-state index contributed by atoms with van der Waals surface area (Å²) in [6.45, 7) is 7.33. The summed E-state index contributed by atoms with van der Waals surface area (Å²) in [5, 5.41) is 4.85. The second kappa shape index (κ2) is 6.36. The molecule has 0 heterocycles. The molecule has 0 radical (unpaired) electrons. The second-order valence-electron chi connectivity index (χ2n) is 4.36. The summed E-state index contributed by atoms with van der Waals surface area (Å²) in [5.41, 5.74) is 1.94. The Morgan fingerprint density at radius 2 is 1.94 bits per heavy atom. The van der Waals surface area contributed by atoms with Gasteiger partial charge in [-0.15, -0.1) is 0 Å². The molecule has 0 aliphatic carbocycles. The smallest absolute Gasteiger partial charge is 0.0641 e. The zero-order chi connectivity index (χ0) is 12.1. The summed E-state index contributed by atoms with van der Waals surface area (Å²) in [4.78, 5) is 0. The number of benzene rings is 1. The van der Waals surface area contributed by atoms with E-state index in [0.29, 0.717) is 5.92 Å². The summed E-state index contributed by atoms with van der Waals surface area (Å²) in [6.07, 6.45) is 2.44. The topological polar surface area (TPSA) is 12.0 Å². The van der Waals surface area contributed by atoms with Crippen molar-refractivity contribution in [1.82, 2.24) is 0 Å². The molecule has 0 spiro atoms. The highest BCUT2D eigenvalue weighted by Gasteiger charge is 2.06. The number of anilines is 1. The summed E-state index contributed by atoms with van der Waals surface area (Å²) < 4.78 is 0. The molecule has 0 aromatic heterocycles. The zero-order valence-electron chi connectivity index (χ0n) is 10.1. The van der Waals surface area contributed by atoms with E-state index in [2.05, 4.69) is 19.2 Å². The van der Waals surface area contributed by atoms with Crippen molar-refractivity contribution in [2.45, 2.75) is 33.6 Å². The molecule has 0 aliphatic heterocycles. The Hall–Kier alpha value is -0.400. The standard InChI is InChI=1S/C13H19Cl2N/c1-4-5-9(2)8-16-13-7-11(14)10(3)6-12(13)15/h6-7,9,16H,4-5,8H2,1-3H3. The molecule has 16 heavy (non-hydrogen) atoms. The number of hydrogen-bond donors (Lipinski definition) is 1. The van der Waals surface area contributed by atoms with E-state index < -0.39 is 0 Å². The van der Waals surface area contributed by atoms with Gasteiger partial charge in [0.15, 0.2) is 0 Å². The van der Waals surface area contributed by atoms with Crippen LogP contribution in [0, 0.1) is 12.8 Å². The zero-order valence-corrected chi connectivity index (χ0v) is 11.6. The van der Waals surface area contributed by atoms with Crippen molar-refractivity contribution in [3.05, 3.63) is 27.7 Å². The van der Waals surface area contributed by atoms with Gasteiger partial charge < -0.3 is 5.32 Å². The van der Waals surface area contributed by atoms with Gasteiger partial charge in [0.05, 0.1) is 10.7 Å². The quantitative estimate of drug-likeness (QED) is 0.771. The van der Waals surface area contributed by atoms with Crippen molar-refractivity contribution in [1.29, 1.82) is 0 Å². The summed E-state index contributed by atoms with van der Waals surface area (Å²) in [7, 11) is 0. The van der Waals surface area contributed by atoms with Crippen LogP contribution >= 0.6 is 23.2 Å². The predicted octanol–water partition coefficient (Wildman–Crippen LogP) is 5.15. The molecule has 3 heteroatoms. The van der Waals surface area contributed by atoms with E-state index in [1.807, 2.05) is 19.1 Å². The molecule has 1 aromatic carbocycles. The first-order valence-corrected chi connectivity index (χ1v) is 6.49. The lowest BCUT2D eigenvalue weighted by atomic mass is 10.1. The average molecular weight is 260 g/mol. The molecule has 90 valence electrons. The fourth-order valence-electron chi connectivity index (χ4n) is 1.66. The van der Waals surface area contributed by atoms with E-state index in [9.17, 15) is 0 Å². The minimum Gasteiger partial charge on any atom is -0.384 e. The van der Waals surface area contributed by atoms with Crippen LogP contribution in [0.25, 0.3) is 0 Å². The highest BCUT2D eigenvalue weighted by atomic mass is 35.5. The Balaban J connectivity index is 2.63. The molecule has 1 nitrogen and oxygen atoms in total. The Labute approximate surface area is 108 Å². The number of rotatable bonds is 5. The maximum Gasteiger partial charge on any atom is 0.0641 e. The van der Waals surface area contributed by atoms with Crippen LogP contribution in [0.5, 0.6) is 0 Å². The van der Waals surface area contributed by atoms with E-state index in [-0.39, 0.29) is 0 Å². The number of hydrogen-bond acceptors (Lipinski definition) is 1. The van der Waals surface area contributed by atoms with Crippen molar-refractivity contribution in [2.75, 3.05) is 11.9 Å². The van der Waals surface area contributed by atoms with Gasteiger partial charge in [-0.25, -0.2) is 0 Å². The van der Waals surface area contributed by atoms with Crippen LogP contribution in [0.15, 0.2) is 12.1 Å². The van der Waals surface area contributed by atoms with E-state index in [0.717, 1.165) is 27.8 Å². The maximum atomic E-state index is 6.14. The normalized spacial score (nSPS) is 12.6. The summed E-state index contributed by atoms with van der Waals surface area (Å²) >= 11 is 12.2. The monoisotopic (exact) mass is 259 g/mol. The van der Waals surface area contributed by atoms with Crippen LogP contribution in [0.1, 0.15) is 32.3 Å². The van der Waals surface area contributed by atoms with E-state index in [4.69, 9.17) is 23.2 Å². The van der Waals surface area contributed by atoms with Crippen molar-refractivity contribution in [3.63, 3.8) is 0 Å². The first-order valence-electron chi connectivity index (χ1n) is 5.74. The molecular formula is C13H19Cl2N. The first-order chi connectivity index (χ1) is 7.54. The van der Waals surface area contributed by atoms with Gasteiger partial charge in [-0.3, -0.25) is 0 Å². The van der Waals surface area contributed by atoms with Crippen molar-refractivity contribution >= 4 is 28.9 Å². The molecule has 1 rings (SSSR count). The SMILES string of the molecule is CCCC(C)CNc1cc(Cl)c(C)cc1Cl. The third-order valence-corrected chi connectivity index (χ3v) is 3.39. The molecule has 1 atom stereocenters. The number of nitrogens with one attached hydrogen (secondary N) is 1. The molecule has 0 aliphatic rings.